The number of hydrogen-bond acceptors (Lipinski definition) is 9. The van der Waals surface area contributed by atoms with Crippen LogP contribution < -0.4 is 0 Å². The van der Waals surface area contributed by atoms with Gasteiger partial charge in [0.25, 0.3) is 0 Å². The molecule has 13 heteroatoms. The summed E-state index contributed by atoms with van der Waals surface area (Å²) in [6.45, 7) is 3.29. The fraction of sp³-hybridized carbons (Fsp3) is 0.789. The molecule has 6 aliphatic heterocycles. The molecule has 0 bridgehead atoms. The Labute approximate surface area is 183 Å². The molecule has 0 saturated carbocycles. The van der Waals surface area contributed by atoms with E-state index in [2.05, 4.69) is 0 Å². The zero-order valence-electron chi connectivity index (χ0n) is 18.0. The largest absolute Gasteiger partial charge is 0.569 e. The summed E-state index contributed by atoms with van der Waals surface area (Å²) in [6, 6.07) is -2.93. The maximum Gasteiger partial charge on any atom is 0.569 e. The van der Waals surface area contributed by atoms with Crippen molar-refractivity contribution in [2.24, 2.45) is 0 Å². The summed E-state index contributed by atoms with van der Waals surface area (Å²) in [6.07, 6.45) is 0. The highest BCUT2D eigenvalue weighted by atomic mass is 16.8. The number of hydrogen-bond donors (Lipinski definition) is 1. The van der Waals surface area contributed by atoms with E-state index in [0.29, 0.717) is 39.3 Å². The number of nitrogens with zero attached hydrogens (tertiary/aromatic N) is 4. The second-order valence-electron chi connectivity index (χ2n) is 10.2. The predicted octanol–water partition coefficient (Wildman–Crippen LogP) is -3.65. The number of ether oxygens (including phenoxy) is 4. The number of aliphatic hydroxyl groups is 1. The van der Waals surface area contributed by atoms with E-state index in [4.69, 9.17) is 18.9 Å². The van der Waals surface area contributed by atoms with Gasteiger partial charge in [0.1, 0.15) is 45.8 Å². The average Bonchev–Trinajstić information content (AvgIpc) is 3.40. The third kappa shape index (κ3) is 2.02. The Morgan fingerprint density at radius 2 is 1.06 bits per heavy atom. The van der Waals surface area contributed by atoms with E-state index >= 15 is 0 Å². The molecule has 32 heavy (non-hydrogen) atoms. The topological polar surface area (TPSA) is 125 Å². The van der Waals surface area contributed by atoms with E-state index in [1.807, 2.05) is 7.05 Å². The molecule has 1 N–H and O–H groups in total. The van der Waals surface area contributed by atoms with Gasteiger partial charge in [-0.2, -0.15) is 17.9 Å². The van der Waals surface area contributed by atoms with Crippen molar-refractivity contribution in [2.75, 3.05) is 85.6 Å². The minimum Gasteiger partial charge on any atom is -0.391 e. The minimum atomic E-state index is -1.52. The Balaban J connectivity index is 1.37. The van der Waals surface area contributed by atoms with Crippen LogP contribution in [0, 0.1) is 0 Å². The van der Waals surface area contributed by atoms with Crippen LogP contribution in [-0.4, -0.2) is 145 Å². The van der Waals surface area contributed by atoms with Gasteiger partial charge in [-0.05, 0) is 0 Å². The Morgan fingerprint density at radius 3 is 1.59 bits per heavy atom. The van der Waals surface area contributed by atoms with Crippen LogP contribution in [0.4, 0.5) is 0 Å². The van der Waals surface area contributed by atoms with Crippen molar-refractivity contribution in [1.29, 1.82) is 0 Å². The summed E-state index contributed by atoms with van der Waals surface area (Å²) < 4.78 is 23.4. The van der Waals surface area contributed by atoms with Crippen LogP contribution in [0.3, 0.4) is 0 Å². The van der Waals surface area contributed by atoms with Crippen LogP contribution in [0.15, 0.2) is 0 Å². The van der Waals surface area contributed by atoms with E-state index in [9.17, 15) is 24.3 Å². The highest BCUT2D eigenvalue weighted by Crippen LogP contribution is 2.53. The van der Waals surface area contributed by atoms with Gasteiger partial charge in [-0.15, -0.1) is 0 Å². The molecule has 6 aliphatic rings. The monoisotopic (exact) mass is 456 g/mol. The Kier molecular flexibility index (Phi) is 3.66. The van der Waals surface area contributed by atoms with Crippen LogP contribution in [0.1, 0.15) is 0 Å². The summed E-state index contributed by atoms with van der Waals surface area (Å²) >= 11 is 0. The zero-order chi connectivity index (χ0) is 22.6. The Hall–Kier alpha value is -2.32. The molecule has 2 spiro atoms. The van der Waals surface area contributed by atoms with E-state index in [1.54, 1.807) is 0 Å². The van der Waals surface area contributed by atoms with Gasteiger partial charge in [0.15, 0.2) is 26.2 Å². The molecule has 13 nitrogen and oxygen atoms in total. The second kappa shape index (κ2) is 5.78. The molecule has 0 aliphatic carbocycles. The maximum atomic E-state index is 12.5. The lowest BCUT2D eigenvalue weighted by Crippen LogP contribution is -2.72. The Bertz CT molecular complexity index is 968. The summed E-state index contributed by atoms with van der Waals surface area (Å²) in [5.41, 5.74) is 0. The van der Waals surface area contributed by atoms with Gasteiger partial charge in [-0.3, -0.25) is 0 Å². The fourth-order valence-corrected chi connectivity index (χ4v) is 7.20. The molecule has 0 aromatic carbocycles. The number of carbonyl (C=O) groups is 4. The summed E-state index contributed by atoms with van der Waals surface area (Å²) in [5.74, 6) is -1.75. The zero-order valence-corrected chi connectivity index (χ0v) is 18.0. The Morgan fingerprint density at radius 1 is 0.656 bits per heavy atom. The molecule has 6 rings (SSSR count). The van der Waals surface area contributed by atoms with E-state index in [-0.39, 0.29) is 57.3 Å². The first-order chi connectivity index (χ1) is 15.1. The summed E-state index contributed by atoms with van der Waals surface area (Å²) in [4.78, 5) is 49.6. The lowest BCUT2D eigenvalue weighted by atomic mass is 10.3. The van der Waals surface area contributed by atoms with Crippen LogP contribution >= 0.6 is 0 Å². The lowest BCUT2D eigenvalue weighted by molar-refractivity contribution is -1.17. The van der Waals surface area contributed by atoms with Crippen molar-refractivity contribution in [3.8, 4) is 0 Å². The third-order valence-electron chi connectivity index (χ3n) is 8.70. The molecular formula is C19H28N4O9+4. The smallest absolute Gasteiger partial charge is 0.391 e. The van der Waals surface area contributed by atoms with Gasteiger partial charge in [0.05, 0.1) is 13.7 Å². The van der Waals surface area contributed by atoms with Crippen LogP contribution in [0.2, 0.25) is 0 Å². The molecule has 6 unspecified atom stereocenters. The minimum absolute atomic E-state index is 0.0337. The SMILES string of the molecule is C[N+]12CC[N+]3(CC[N+]45CC[N+]6(CCO)CC(=O)OC64OC(=O)C5)CC(=O)OC13OC(=O)C2. The first-order valence-electron chi connectivity index (χ1n) is 11.0. The molecule has 6 heterocycles. The van der Waals surface area contributed by atoms with Crippen LogP contribution in [0.25, 0.3) is 0 Å². The van der Waals surface area contributed by atoms with Crippen molar-refractivity contribution in [2.45, 2.75) is 12.1 Å². The number of likely N-dealkylation sites (N-methyl/N-ethyl adjacent to an activating group) is 1. The number of rotatable bonds is 5. The van der Waals surface area contributed by atoms with Crippen molar-refractivity contribution in [3.05, 3.63) is 0 Å². The van der Waals surface area contributed by atoms with Gasteiger partial charge in [0.2, 0.25) is 0 Å². The first-order valence-corrected chi connectivity index (χ1v) is 11.0. The normalized spacial score (nSPS) is 50.4. The van der Waals surface area contributed by atoms with Crippen LogP contribution in [-0.2, 0) is 38.1 Å². The molecule has 0 aromatic heterocycles. The fourth-order valence-electron chi connectivity index (χ4n) is 7.20. The van der Waals surface area contributed by atoms with Gasteiger partial charge in [-0.25, -0.2) is 19.2 Å². The van der Waals surface area contributed by atoms with Gasteiger partial charge in [0, 0.05) is 0 Å². The van der Waals surface area contributed by atoms with E-state index in [0.717, 1.165) is 0 Å². The maximum absolute atomic E-state index is 12.5. The highest BCUT2D eigenvalue weighted by Gasteiger charge is 2.88. The molecule has 0 aromatic rings. The first kappa shape index (κ1) is 20.3. The van der Waals surface area contributed by atoms with Gasteiger partial charge >= 0.3 is 35.9 Å². The van der Waals surface area contributed by atoms with E-state index in [1.165, 1.54) is 0 Å². The number of aliphatic hydroxyl groups excluding tert-OH is 1. The summed E-state index contributed by atoms with van der Waals surface area (Å²) in [5, 5.41) is 9.69. The quantitative estimate of drug-likeness (QED) is 0.329. The molecule has 6 saturated heterocycles. The third-order valence-corrected chi connectivity index (χ3v) is 8.70. The standard InChI is InChI=1S/C19H28N4O9/c1-20-2-3-21(11-15(26)30-18(20,21)29-14(25)10-20)4-5-22-6-7-23(8-9-24)13-17(28)32-19(22,23)31-16(27)12-22/h24H,2-13H2,1H3/q+4. The molecule has 6 fully saturated rings. The van der Waals surface area contributed by atoms with Crippen molar-refractivity contribution in [1.82, 2.24) is 0 Å². The van der Waals surface area contributed by atoms with E-state index < -0.39 is 35.9 Å². The van der Waals surface area contributed by atoms with Gasteiger partial charge in [-0.1, -0.05) is 0 Å². The second-order valence-corrected chi connectivity index (χ2v) is 10.2. The van der Waals surface area contributed by atoms with Crippen molar-refractivity contribution >= 4 is 23.9 Å². The number of carbonyl (C=O) groups excluding carboxylic acids is 4. The highest BCUT2D eigenvalue weighted by molar-refractivity contribution is 5.76. The summed E-state index contributed by atoms with van der Waals surface area (Å²) in [7, 11) is 1.86. The molecule has 0 radical (unpaired) electrons. The number of quaternary nitrogens is 4. The van der Waals surface area contributed by atoms with Crippen molar-refractivity contribution < 1.29 is 61.2 Å². The average molecular weight is 456 g/mol. The molecule has 0 amide bonds. The van der Waals surface area contributed by atoms with Gasteiger partial charge < -0.3 is 24.1 Å². The van der Waals surface area contributed by atoms with Crippen molar-refractivity contribution in [3.63, 3.8) is 0 Å². The molecular weight excluding hydrogens is 428 g/mol. The predicted molar refractivity (Wildman–Crippen MR) is 97.4 cm³/mol. The lowest BCUT2D eigenvalue weighted by Gasteiger charge is -2.41. The molecule has 6 atom stereocenters. The van der Waals surface area contributed by atoms with Crippen LogP contribution in [0.5, 0.6) is 0 Å². The number of esters is 4. The molecule has 174 valence electrons.